The molecule has 1 saturated heterocycles. The van der Waals surface area contributed by atoms with Crippen LogP contribution < -0.4 is 0 Å². The molecule has 7 heteroatoms. The number of hydrogen-bond donors (Lipinski definition) is 0. The zero-order valence-corrected chi connectivity index (χ0v) is 12.3. The number of amides is 1. The Kier molecular flexibility index (Phi) is 5.50. The quantitative estimate of drug-likeness (QED) is 0.799. The minimum Gasteiger partial charge on any atom is -0.342 e. The van der Waals surface area contributed by atoms with Gasteiger partial charge in [0.05, 0.1) is 16.3 Å². The number of rotatable bonds is 3. The number of hydrogen-bond acceptors (Lipinski definition) is 3. The summed E-state index contributed by atoms with van der Waals surface area (Å²) in [6, 6.07) is 2.30. The molecule has 0 N–H and O–H groups in total. The molecule has 0 aromatic carbocycles. The zero-order chi connectivity index (χ0) is 15.3. The topological polar surface area (TPSA) is 33.2 Å². The maximum absolute atomic E-state index is 12.4. The van der Waals surface area contributed by atoms with E-state index in [0.29, 0.717) is 5.03 Å². The van der Waals surface area contributed by atoms with Crippen LogP contribution in [0.2, 0.25) is 0 Å². The Labute approximate surface area is 125 Å². The highest BCUT2D eigenvalue weighted by molar-refractivity contribution is 7.99. The molecule has 0 spiro atoms. The van der Waals surface area contributed by atoms with Crippen LogP contribution in [0.1, 0.15) is 31.2 Å². The monoisotopic (exact) mass is 318 g/mol. The summed E-state index contributed by atoms with van der Waals surface area (Å²) in [5.41, 5.74) is -0.773. The summed E-state index contributed by atoms with van der Waals surface area (Å²) in [4.78, 5) is 17.6. The summed E-state index contributed by atoms with van der Waals surface area (Å²) < 4.78 is 37.2. The fraction of sp³-hybridized carbons (Fsp3) is 0.571. The first kappa shape index (κ1) is 16.1. The molecule has 21 heavy (non-hydrogen) atoms. The third-order valence-corrected chi connectivity index (χ3v) is 4.29. The van der Waals surface area contributed by atoms with Gasteiger partial charge in [0.25, 0.3) is 0 Å². The Morgan fingerprint density at radius 1 is 1.19 bits per heavy atom. The van der Waals surface area contributed by atoms with E-state index in [1.165, 1.54) is 17.8 Å². The van der Waals surface area contributed by atoms with Crippen LogP contribution in [0.15, 0.2) is 23.4 Å². The second kappa shape index (κ2) is 7.15. The predicted molar refractivity (Wildman–Crippen MR) is 75.0 cm³/mol. The van der Waals surface area contributed by atoms with E-state index in [-0.39, 0.29) is 11.7 Å². The van der Waals surface area contributed by atoms with Gasteiger partial charge in [-0.1, -0.05) is 24.6 Å². The Morgan fingerprint density at radius 3 is 2.38 bits per heavy atom. The molecule has 0 unspecified atom stereocenters. The highest BCUT2D eigenvalue weighted by Gasteiger charge is 2.30. The molecule has 1 amide bonds. The first-order chi connectivity index (χ1) is 9.97. The lowest BCUT2D eigenvalue weighted by molar-refractivity contribution is -0.138. The van der Waals surface area contributed by atoms with Crippen LogP contribution in [0.25, 0.3) is 0 Å². The molecule has 1 aliphatic rings. The van der Waals surface area contributed by atoms with E-state index in [9.17, 15) is 18.0 Å². The average Bonchev–Trinajstić information content (AvgIpc) is 2.73. The smallest absolute Gasteiger partial charge is 0.342 e. The third kappa shape index (κ3) is 4.91. The molecule has 1 fully saturated rings. The van der Waals surface area contributed by atoms with E-state index in [2.05, 4.69) is 4.98 Å². The van der Waals surface area contributed by atoms with Gasteiger partial charge < -0.3 is 4.90 Å². The van der Waals surface area contributed by atoms with E-state index < -0.39 is 11.7 Å². The van der Waals surface area contributed by atoms with Crippen LogP contribution in [0.3, 0.4) is 0 Å². The van der Waals surface area contributed by atoms with E-state index >= 15 is 0 Å². The van der Waals surface area contributed by atoms with E-state index in [1.807, 2.05) is 4.90 Å². The summed E-state index contributed by atoms with van der Waals surface area (Å²) in [6.45, 7) is 1.56. The molecule has 0 aliphatic carbocycles. The largest absolute Gasteiger partial charge is 0.417 e. The molecule has 1 aromatic heterocycles. The van der Waals surface area contributed by atoms with Crippen LogP contribution >= 0.6 is 11.8 Å². The van der Waals surface area contributed by atoms with Gasteiger partial charge in [0.2, 0.25) is 5.91 Å². The van der Waals surface area contributed by atoms with E-state index in [4.69, 9.17) is 0 Å². The number of alkyl halides is 3. The summed E-state index contributed by atoms with van der Waals surface area (Å²) in [7, 11) is 0. The number of likely N-dealkylation sites (tertiary alicyclic amines) is 1. The van der Waals surface area contributed by atoms with Crippen molar-refractivity contribution in [2.75, 3.05) is 18.8 Å². The van der Waals surface area contributed by atoms with Crippen molar-refractivity contribution in [3.05, 3.63) is 23.9 Å². The summed E-state index contributed by atoms with van der Waals surface area (Å²) >= 11 is 1.18. The Balaban J connectivity index is 1.86. The number of halogens is 3. The Hall–Kier alpha value is -1.24. The number of thioether (sulfide) groups is 1. The highest BCUT2D eigenvalue weighted by atomic mass is 32.2. The molecular weight excluding hydrogens is 301 g/mol. The van der Waals surface area contributed by atoms with Crippen molar-refractivity contribution in [1.82, 2.24) is 9.88 Å². The molecule has 2 heterocycles. The Morgan fingerprint density at radius 2 is 1.86 bits per heavy atom. The summed E-state index contributed by atoms with van der Waals surface area (Å²) in [5, 5.41) is 0.436. The molecule has 2 rings (SSSR count). The van der Waals surface area contributed by atoms with Crippen molar-refractivity contribution in [3.63, 3.8) is 0 Å². The van der Waals surface area contributed by atoms with Crippen molar-refractivity contribution in [2.45, 2.75) is 36.9 Å². The molecular formula is C14H17F3N2OS. The van der Waals surface area contributed by atoms with Gasteiger partial charge in [0.1, 0.15) is 0 Å². The van der Waals surface area contributed by atoms with Crippen LogP contribution in [0.5, 0.6) is 0 Å². The van der Waals surface area contributed by atoms with Gasteiger partial charge in [-0.15, -0.1) is 0 Å². The lowest BCUT2D eigenvalue weighted by Gasteiger charge is -2.19. The van der Waals surface area contributed by atoms with Gasteiger partial charge in [-0.25, -0.2) is 4.98 Å². The van der Waals surface area contributed by atoms with Crippen molar-refractivity contribution >= 4 is 17.7 Å². The number of aromatic nitrogens is 1. The summed E-state index contributed by atoms with van der Waals surface area (Å²) in [5.74, 6) is 0.252. The van der Waals surface area contributed by atoms with E-state index in [0.717, 1.165) is 51.0 Å². The fourth-order valence-electron chi connectivity index (χ4n) is 2.18. The fourth-order valence-corrected chi connectivity index (χ4v) is 2.93. The predicted octanol–water partition coefficient (Wildman–Crippen LogP) is 3.60. The van der Waals surface area contributed by atoms with Gasteiger partial charge in [0, 0.05) is 19.3 Å². The van der Waals surface area contributed by atoms with Crippen molar-refractivity contribution < 1.29 is 18.0 Å². The molecule has 0 atom stereocenters. The average molecular weight is 318 g/mol. The second-order valence-corrected chi connectivity index (χ2v) is 5.96. The summed E-state index contributed by atoms with van der Waals surface area (Å²) in [6.07, 6.45) is 0.773. The SMILES string of the molecule is O=C(CSc1ccc(C(F)(F)F)cn1)N1CCCCCC1. The first-order valence-corrected chi connectivity index (χ1v) is 7.89. The van der Waals surface area contributed by atoms with Gasteiger partial charge in [-0.2, -0.15) is 13.2 Å². The zero-order valence-electron chi connectivity index (χ0n) is 11.5. The molecule has 0 saturated carbocycles. The van der Waals surface area contributed by atoms with Gasteiger partial charge in [-0.05, 0) is 25.0 Å². The lowest BCUT2D eigenvalue weighted by atomic mass is 10.2. The third-order valence-electron chi connectivity index (χ3n) is 3.37. The first-order valence-electron chi connectivity index (χ1n) is 6.90. The molecule has 116 valence electrons. The number of carbonyl (C=O) groups is 1. The Bertz CT molecular complexity index is 468. The van der Waals surface area contributed by atoms with Crippen molar-refractivity contribution in [1.29, 1.82) is 0 Å². The maximum atomic E-state index is 12.4. The normalized spacial score (nSPS) is 16.6. The van der Waals surface area contributed by atoms with Crippen LogP contribution in [-0.2, 0) is 11.0 Å². The lowest BCUT2D eigenvalue weighted by Crippen LogP contribution is -2.33. The standard InChI is InChI=1S/C14H17F3N2OS/c15-14(16,17)11-5-6-12(18-9-11)21-10-13(20)19-7-3-1-2-4-8-19/h5-6,9H,1-4,7-8,10H2. The van der Waals surface area contributed by atoms with Crippen molar-refractivity contribution in [3.8, 4) is 0 Å². The minimum atomic E-state index is -4.38. The number of nitrogens with zero attached hydrogens (tertiary/aromatic N) is 2. The molecule has 1 aromatic rings. The van der Waals surface area contributed by atoms with Crippen LogP contribution in [-0.4, -0.2) is 34.6 Å². The molecule has 0 radical (unpaired) electrons. The van der Waals surface area contributed by atoms with Gasteiger partial charge in [-0.3, -0.25) is 4.79 Å². The molecule has 3 nitrogen and oxygen atoms in total. The molecule has 0 bridgehead atoms. The van der Waals surface area contributed by atoms with Crippen molar-refractivity contribution in [2.24, 2.45) is 0 Å². The maximum Gasteiger partial charge on any atom is 0.417 e. The number of pyridine rings is 1. The van der Waals surface area contributed by atoms with Crippen LogP contribution in [0.4, 0.5) is 13.2 Å². The minimum absolute atomic E-state index is 0.0311. The molecule has 1 aliphatic heterocycles. The van der Waals surface area contributed by atoms with E-state index in [1.54, 1.807) is 0 Å². The highest BCUT2D eigenvalue weighted by Crippen LogP contribution is 2.29. The van der Waals surface area contributed by atoms with Crippen LogP contribution in [0, 0.1) is 0 Å². The van der Waals surface area contributed by atoms with Gasteiger partial charge >= 0.3 is 6.18 Å². The second-order valence-electron chi connectivity index (χ2n) is 4.97. The number of carbonyl (C=O) groups excluding carboxylic acids is 1. The van der Waals surface area contributed by atoms with Gasteiger partial charge in [0.15, 0.2) is 0 Å².